The summed E-state index contributed by atoms with van der Waals surface area (Å²) >= 11 is 0. The van der Waals surface area contributed by atoms with Gasteiger partial charge in [0.2, 0.25) is 0 Å². The van der Waals surface area contributed by atoms with E-state index in [1.165, 1.54) is 0 Å². The van der Waals surface area contributed by atoms with Gasteiger partial charge >= 0.3 is 0 Å². The highest BCUT2D eigenvalue weighted by molar-refractivity contribution is 5.98. The van der Waals surface area contributed by atoms with E-state index in [1.54, 1.807) is 0 Å². The van der Waals surface area contributed by atoms with Gasteiger partial charge in [-0.05, 0) is 37.2 Å². The van der Waals surface area contributed by atoms with E-state index < -0.39 is 28.8 Å². The van der Waals surface area contributed by atoms with Gasteiger partial charge in [0.1, 0.15) is 5.78 Å². The molecule has 0 aromatic heterocycles. The first-order valence-electron chi connectivity index (χ1n) is 8.54. The second kappa shape index (κ2) is 7.28. The molecule has 5 nitrogen and oxygen atoms in total. The molecule has 128 valence electrons. The summed E-state index contributed by atoms with van der Waals surface area (Å²) in [5, 5.41) is 23.3. The SMILES string of the molecule is C=C(C(=O)[O-])C(CC(=O)C1CCCCC1)(C(=O)[O-])C1CCCC1. The van der Waals surface area contributed by atoms with Crippen LogP contribution in [0, 0.1) is 17.3 Å². The zero-order valence-electron chi connectivity index (χ0n) is 13.5. The van der Waals surface area contributed by atoms with E-state index in [0.29, 0.717) is 12.8 Å². The maximum Gasteiger partial charge on any atom is 0.137 e. The van der Waals surface area contributed by atoms with Crippen LogP contribution in [-0.2, 0) is 14.4 Å². The molecular weight excluding hydrogens is 296 g/mol. The van der Waals surface area contributed by atoms with Gasteiger partial charge in [-0.15, -0.1) is 0 Å². The lowest BCUT2D eigenvalue weighted by atomic mass is 9.64. The van der Waals surface area contributed by atoms with Gasteiger partial charge in [-0.1, -0.05) is 38.7 Å². The van der Waals surface area contributed by atoms with E-state index in [-0.39, 0.29) is 18.1 Å². The highest BCUT2D eigenvalue weighted by Gasteiger charge is 2.46. The van der Waals surface area contributed by atoms with Gasteiger partial charge in [-0.2, -0.15) is 0 Å². The van der Waals surface area contributed by atoms with Crippen molar-refractivity contribution in [3.8, 4) is 0 Å². The first-order chi connectivity index (χ1) is 10.9. The van der Waals surface area contributed by atoms with Crippen LogP contribution in [-0.4, -0.2) is 17.7 Å². The average Bonchev–Trinajstić information content (AvgIpc) is 3.06. The Morgan fingerprint density at radius 2 is 1.43 bits per heavy atom. The molecule has 23 heavy (non-hydrogen) atoms. The van der Waals surface area contributed by atoms with Crippen molar-refractivity contribution in [2.45, 2.75) is 64.2 Å². The predicted octanol–water partition coefficient (Wildman–Crippen LogP) is 0.758. The first kappa shape index (κ1) is 17.7. The van der Waals surface area contributed by atoms with Gasteiger partial charge in [-0.25, -0.2) is 0 Å². The van der Waals surface area contributed by atoms with Crippen LogP contribution in [0.2, 0.25) is 0 Å². The molecule has 2 fully saturated rings. The Bertz CT molecular complexity index is 498. The van der Waals surface area contributed by atoms with Crippen molar-refractivity contribution >= 4 is 17.7 Å². The Morgan fingerprint density at radius 1 is 0.913 bits per heavy atom. The Kier molecular flexibility index (Phi) is 5.60. The zero-order chi connectivity index (χ0) is 17.0. The third kappa shape index (κ3) is 3.48. The fourth-order valence-corrected chi connectivity index (χ4v) is 4.30. The summed E-state index contributed by atoms with van der Waals surface area (Å²) in [6.07, 6.45) is 7.01. The van der Waals surface area contributed by atoms with Crippen LogP contribution < -0.4 is 10.2 Å². The van der Waals surface area contributed by atoms with Crippen LogP contribution in [0.1, 0.15) is 64.2 Å². The molecule has 2 saturated carbocycles. The van der Waals surface area contributed by atoms with Crippen molar-refractivity contribution in [3.63, 3.8) is 0 Å². The summed E-state index contributed by atoms with van der Waals surface area (Å²) in [5.41, 5.74) is -2.32. The van der Waals surface area contributed by atoms with Crippen molar-refractivity contribution in [2.75, 3.05) is 0 Å². The lowest BCUT2D eigenvalue weighted by Gasteiger charge is -2.42. The summed E-state index contributed by atoms with van der Waals surface area (Å²) in [6, 6.07) is 0. The van der Waals surface area contributed by atoms with Crippen molar-refractivity contribution < 1.29 is 24.6 Å². The smallest absolute Gasteiger partial charge is 0.137 e. The molecule has 0 aliphatic heterocycles. The van der Waals surface area contributed by atoms with E-state index in [9.17, 15) is 24.6 Å². The van der Waals surface area contributed by atoms with Crippen molar-refractivity contribution in [3.05, 3.63) is 12.2 Å². The van der Waals surface area contributed by atoms with Gasteiger partial charge < -0.3 is 19.8 Å². The molecule has 0 heterocycles. The zero-order valence-corrected chi connectivity index (χ0v) is 13.5. The van der Waals surface area contributed by atoms with Gasteiger partial charge in [-0.3, -0.25) is 4.79 Å². The molecule has 1 atom stereocenters. The van der Waals surface area contributed by atoms with Crippen LogP contribution in [0.3, 0.4) is 0 Å². The number of hydrogen-bond acceptors (Lipinski definition) is 5. The second-order valence-corrected chi connectivity index (χ2v) is 6.98. The number of aliphatic carboxylic acids is 2. The summed E-state index contributed by atoms with van der Waals surface area (Å²) in [7, 11) is 0. The molecule has 0 N–H and O–H groups in total. The molecule has 0 saturated heterocycles. The number of carbonyl (C=O) groups excluding carboxylic acids is 3. The molecule has 2 aliphatic carbocycles. The van der Waals surface area contributed by atoms with E-state index in [4.69, 9.17) is 0 Å². The van der Waals surface area contributed by atoms with E-state index in [0.717, 1.165) is 44.9 Å². The maximum atomic E-state index is 12.7. The fourth-order valence-electron chi connectivity index (χ4n) is 4.30. The number of hydrogen-bond donors (Lipinski definition) is 0. The lowest BCUT2D eigenvalue weighted by Crippen LogP contribution is -2.53. The third-order valence-corrected chi connectivity index (χ3v) is 5.71. The molecule has 2 aliphatic rings. The quantitative estimate of drug-likeness (QED) is 0.645. The Morgan fingerprint density at radius 3 is 1.91 bits per heavy atom. The largest absolute Gasteiger partial charge is 0.549 e. The Labute approximate surface area is 136 Å². The van der Waals surface area contributed by atoms with Crippen molar-refractivity contribution in [1.29, 1.82) is 0 Å². The molecule has 0 amide bonds. The van der Waals surface area contributed by atoms with Crippen molar-refractivity contribution in [1.82, 2.24) is 0 Å². The number of carboxylic acids is 2. The maximum absolute atomic E-state index is 12.7. The molecule has 0 aromatic carbocycles. The van der Waals surface area contributed by atoms with Gasteiger partial charge in [0.15, 0.2) is 0 Å². The molecular formula is C18H24O5-2. The van der Waals surface area contributed by atoms with Gasteiger partial charge in [0, 0.05) is 17.8 Å². The third-order valence-electron chi connectivity index (χ3n) is 5.71. The molecule has 0 spiro atoms. The van der Waals surface area contributed by atoms with Gasteiger partial charge in [0.25, 0.3) is 0 Å². The number of Topliss-reactive ketones (excluding diaryl/α,β-unsaturated/α-hetero) is 1. The predicted molar refractivity (Wildman–Crippen MR) is 79.7 cm³/mol. The second-order valence-electron chi connectivity index (χ2n) is 6.98. The van der Waals surface area contributed by atoms with E-state index in [2.05, 4.69) is 6.58 Å². The lowest BCUT2D eigenvalue weighted by molar-refractivity contribution is -0.324. The summed E-state index contributed by atoms with van der Waals surface area (Å²) in [5.74, 6) is -3.84. The first-order valence-corrected chi connectivity index (χ1v) is 8.54. The van der Waals surface area contributed by atoms with Gasteiger partial charge in [0.05, 0.1) is 11.9 Å². The Hall–Kier alpha value is -1.65. The fraction of sp³-hybridized carbons (Fsp3) is 0.722. The number of carboxylic acid groups (broad SMARTS) is 2. The minimum Gasteiger partial charge on any atom is -0.549 e. The summed E-state index contributed by atoms with van der Waals surface area (Å²) < 4.78 is 0. The van der Waals surface area contributed by atoms with Crippen LogP contribution >= 0.6 is 0 Å². The van der Waals surface area contributed by atoms with E-state index >= 15 is 0 Å². The van der Waals surface area contributed by atoms with Crippen LogP contribution in [0.5, 0.6) is 0 Å². The average molecular weight is 320 g/mol. The van der Waals surface area contributed by atoms with E-state index in [1.807, 2.05) is 0 Å². The Balaban J connectivity index is 2.30. The molecule has 1 unspecified atom stereocenters. The van der Waals surface area contributed by atoms with Crippen LogP contribution in [0.15, 0.2) is 12.2 Å². The minimum absolute atomic E-state index is 0.164. The normalized spacial score (nSPS) is 22.4. The highest BCUT2D eigenvalue weighted by atomic mass is 16.4. The monoisotopic (exact) mass is 320 g/mol. The molecule has 2 rings (SSSR count). The minimum atomic E-state index is -1.82. The topological polar surface area (TPSA) is 97.3 Å². The highest BCUT2D eigenvalue weighted by Crippen LogP contribution is 2.47. The molecule has 0 bridgehead atoms. The summed E-state index contributed by atoms with van der Waals surface area (Å²) in [6.45, 7) is 3.46. The number of rotatable bonds is 7. The van der Waals surface area contributed by atoms with Crippen LogP contribution in [0.4, 0.5) is 0 Å². The standard InChI is InChI=1S/C18H26O5/c1-12(16(20)21)18(17(22)23,14-9-5-6-10-14)11-15(19)13-7-3-2-4-8-13/h13-14H,1-11H2,(H,20,21)(H,22,23)/p-2. The molecule has 5 heteroatoms. The molecule has 0 aromatic rings. The summed E-state index contributed by atoms with van der Waals surface area (Å²) in [4.78, 5) is 36.0. The number of ketones is 1. The van der Waals surface area contributed by atoms with Crippen LogP contribution in [0.25, 0.3) is 0 Å². The molecule has 0 radical (unpaired) electrons. The van der Waals surface area contributed by atoms with Crippen molar-refractivity contribution in [2.24, 2.45) is 17.3 Å². The number of carbonyl (C=O) groups is 3.